The fraction of sp³-hybridized carbons (Fsp3) is 0.914. The minimum atomic E-state index is -1.71. The third-order valence-corrected chi connectivity index (χ3v) is 14.8. The number of carbonyl (C=O) groups is 1. The lowest BCUT2D eigenvalue weighted by molar-refractivity contribution is -0.298. The summed E-state index contributed by atoms with van der Waals surface area (Å²) in [4.78, 5) is 14.4. The van der Waals surface area contributed by atoms with Gasteiger partial charge in [-0.15, -0.1) is 0 Å². The summed E-state index contributed by atoms with van der Waals surface area (Å²) >= 11 is 0. The van der Waals surface area contributed by atoms with Crippen molar-refractivity contribution in [2.45, 2.75) is 135 Å². The molecule has 1 saturated heterocycles. The van der Waals surface area contributed by atoms with E-state index in [9.17, 15) is 45.6 Å². The molecular formula is C35H56O11. The van der Waals surface area contributed by atoms with Crippen LogP contribution in [0.2, 0.25) is 0 Å². The third kappa shape index (κ3) is 4.59. The van der Waals surface area contributed by atoms with E-state index in [1.807, 2.05) is 13.8 Å². The standard InChI is InChI=1S/C35H56O11/c1-17-8-12-35(30(43)46-29-26(41)25(40)24(39)21(15-36)45-29)13-9-19-18(27(35)34(17,5)44)6-7-22-31(19,2)11-10-23-32(22,3)14-20(38)28(42)33(23,4)16-37/h6,17,19-29,36-42,44H,7-16H2,1-5H3/t17-,19-,20-,21-,22+,23-,24-,25+,26-,27-,28+,29+,31+,32-,33+,34-,35+/m1/s1. The van der Waals surface area contributed by atoms with Gasteiger partial charge in [0.1, 0.15) is 24.4 Å². The Morgan fingerprint density at radius 3 is 2.24 bits per heavy atom. The second-order valence-corrected chi connectivity index (χ2v) is 16.9. The molecule has 0 amide bonds. The highest BCUT2D eigenvalue weighted by molar-refractivity contribution is 5.79. The van der Waals surface area contributed by atoms with Gasteiger partial charge in [0, 0.05) is 11.3 Å². The molecule has 46 heavy (non-hydrogen) atoms. The van der Waals surface area contributed by atoms with E-state index in [0.717, 1.165) is 18.4 Å². The van der Waals surface area contributed by atoms with Crippen LogP contribution in [0.4, 0.5) is 0 Å². The number of esters is 1. The van der Waals surface area contributed by atoms with Crippen LogP contribution >= 0.6 is 0 Å². The van der Waals surface area contributed by atoms with E-state index >= 15 is 0 Å². The topological polar surface area (TPSA) is 197 Å². The molecule has 4 saturated carbocycles. The van der Waals surface area contributed by atoms with Crippen LogP contribution in [-0.2, 0) is 14.3 Å². The molecule has 0 aromatic rings. The number of aliphatic hydroxyl groups is 8. The van der Waals surface area contributed by atoms with Crippen LogP contribution in [0.15, 0.2) is 11.6 Å². The van der Waals surface area contributed by atoms with Gasteiger partial charge in [-0.05, 0) is 92.8 Å². The van der Waals surface area contributed by atoms with E-state index in [2.05, 4.69) is 19.9 Å². The summed E-state index contributed by atoms with van der Waals surface area (Å²) < 4.78 is 11.4. The van der Waals surface area contributed by atoms with Gasteiger partial charge in [-0.2, -0.15) is 0 Å². The Morgan fingerprint density at radius 2 is 1.59 bits per heavy atom. The first-order chi connectivity index (χ1) is 21.4. The molecule has 6 rings (SSSR count). The first kappa shape index (κ1) is 34.7. The number of aliphatic hydroxyl groups excluding tert-OH is 7. The van der Waals surface area contributed by atoms with E-state index in [-0.39, 0.29) is 41.1 Å². The zero-order valence-corrected chi connectivity index (χ0v) is 27.9. The van der Waals surface area contributed by atoms with Crippen molar-refractivity contribution >= 4 is 5.97 Å². The second-order valence-electron chi connectivity index (χ2n) is 16.9. The van der Waals surface area contributed by atoms with Crippen molar-refractivity contribution < 1.29 is 55.1 Å². The molecule has 1 aliphatic heterocycles. The Labute approximate surface area is 271 Å². The number of hydrogen-bond acceptors (Lipinski definition) is 11. The molecule has 11 nitrogen and oxygen atoms in total. The van der Waals surface area contributed by atoms with Crippen molar-refractivity contribution in [1.82, 2.24) is 0 Å². The molecule has 0 unspecified atom stereocenters. The quantitative estimate of drug-likeness (QED) is 0.159. The second kappa shape index (κ2) is 11.5. The van der Waals surface area contributed by atoms with Crippen LogP contribution < -0.4 is 0 Å². The monoisotopic (exact) mass is 652 g/mol. The van der Waals surface area contributed by atoms with E-state index in [4.69, 9.17) is 9.47 Å². The fourth-order valence-electron chi connectivity index (χ4n) is 12.1. The van der Waals surface area contributed by atoms with Gasteiger partial charge in [0.25, 0.3) is 0 Å². The summed E-state index contributed by atoms with van der Waals surface area (Å²) in [5, 5.41) is 85.8. The normalized spacial score (nSPS) is 56.8. The van der Waals surface area contributed by atoms with Gasteiger partial charge in [-0.3, -0.25) is 4.79 Å². The minimum Gasteiger partial charge on any atom is -0.432 e. The van der Waals surface area contributed by atoms with Crippen molar-refractivity contribution in [2.24, 2.45) is 51.2 Å². The summed E-state index contributed by atoms with van der Waals surface area (Å²) in [6.45, 7) is 9.38. The number of rotatable bonds is 4. The largest absolute Gasteiger partial charge is 0.432 e. The average molecular weight is 653 g/mol. The maximum absolute atomic E-state index is 14.4. The van der Waals surface area contributed by atoms with Gasteiger partial charge in [-0.1, -0.05) is 39.3 Å². The van der Waals surface area contributed by atoms with Crippen LogP contribution in [0.1, 0.15) is 86.0 Å². The highest BCUT2D eigenvalue weighted by Gasteiger charge is 2.69. The number of hydrogen-bond donors (Lipinski definition) is 8. The van der Waals surface area contributed by atoms with Gasteiger partial charge >= 0.3 is 5.97 Å². The Kier molecular flexibility index (Phi) is 8.64. The molecule has 5 fully saturated rings. The molecule has 17 atom stereocenters. The molecule has 1 heterocycles. The van der Waals surface area contributed by atoms with Gasteiger partial charge in [-0.25, -0.2) is 0 Å². The highest BCUT2D eigenvalue weighted by Crippen LogP contribution is 2.72. The molecule has 0 aromatic heterocycles. The zero-order valence-electron chi connectivity index (χ0n) is 27.9. The number of allylic oxidation sites excluding steroid dienone is 1. The maximum Gasteiger partial charge on any atom is 0.315 e. The highest BCUT2D eigenvalue weighted by atomic mass is 16.7. The van der Waals surface area contributed by atoms with E-state index in [1.54, 1.807) is 6.92 Å². The molecule has 0 radical (unpaired) electrons. The van der Waals surface area contributed by atoms with Crippen molar-refractivity contribution in [3.63, 3.8) is 0 Å². The van der Waals surface area contributed by atoms with Gasteiger partial charge in [0.2, 0.25) is 6.29 Å². The van der Waals surface area contributed by atoms with Gasteiger partial charge in [0.15, 0.2) is 0 Å². The Balaban J connectivity index is 1.36. The van der Waals surface area contributed by atoms with Crippen LogP contribution in [0.25, 0.3) is 0 Å². The summed E-state index contributed by atoms with van der Waals surface area (Å²) in [5.74, 6) is -1.07. The lowest BCUT2D eigenvalue weighted by Crippen LogP contribution is -2.67. The number of fused-ring (bicyclic) bond motifs is 7. The average Bonchev–Trinajstić information content (AvgIpc) is 3.01. The predicted molar refractivity (Wildman–Crippen MR) is 164 cm³/mol. The lowest BCUT2D eigenvalue weighted by Gasteiger charge is -2.69. The SMILES string of the molecule is C[C@@H]1CC[C@]2(C(=O)O[C@@H]3O[C@H](CO)[C@@H](O)[C@H](O)[C@H]3O)CC[C@@H]3C(=CC[C@@H]4[C@@]5(C)C[C@@H](O)[C@H](O)[C@@](C)(CO)[C@@H]5CC[C@]43C)[C@@H]2[C@]1(C)O. The minimum absolute atomic E-state index is 0.0189. The van der Waals surface area contributed by atoms with Crippen molar-refractivity contribution in [3.05, 3.63) is 11.6 Å². The summed E-state index contributed by atoms with van der Waals surface area (Å²) in [5.41, 5.74) is -2.68. The van der Waals surface area contributed by atoms with Crippen molar-refractivity contribution in [3.8, 4) is 0 Å². The van der Waals surface area contributed by atoms with E-state index in [1.165, 1.54) is 0 Å². The first-order valence-electron chi connectivity index (χ1n) is 17.3. The third-order valence-electron chi connectivity index (χ3n) is 14.8. The fourth-order valence-corrected chi connectivity index (χ4v) is 12.1. The van der Waals surface area contributed by atoms with E-state index in [0.29, 0.717) is 38.5 Å². The smallest absolute Gasteiger partial charge is 0.315 e. The first-order valence-corrected chi connectivity index (χ1v) is 17.3. The molecule has 6 aliphatic rings. The van der Waals surface area contributed by atoms with Crippen LogP contribution in [0, 0.1) is 51.2 Å². The summed E-state index contributed by atoms with van der Waals surface area (Å²) in [6, 6.07) is 0. The summed E-state index contributed by atoms with van der Waals surface area (Å²) in [6.07, 6.45) is -2.57. The molecule has 5 aliphatic carbocycles. The van der Waals surface area contributed by atoms with Crippen molar-refractivity contribution in [2.75, 3.05) is 13.2 Å². The summed E-state index contributed by atoms with van der Waals surface area (Å²) in [7, 11) is 0. The molecule has 8 N–H and O–H groups in total. The molecule has 262 valence electrons. The molecule has 0 bridgehead atoms. The van der Waals surface area contributed by atoms with Gasteiger partial charge in [0.05, 0.1) is 36.4 Å². The maximum atomic E-state index is 14.4. The van der Waals surface area contributed by atoms with Crippen molar-refractivity contribution in [1.29, 1.82) is 0 Å². The van der Waals surface area contributed by atoms with Crippen LogP contribution in [0.3, 0.4) is 0 Å². The molecule has 11 heteroatoms. The Morgan fingerprint density at radius 1 is 0.913 bits per heavy atom. The van der Waals surface area contributed by atoms with E-state index < -0.39 is 77.8 Å². The number of ether oxygens (including phenoxy) is 2. The molecule has 0 aromatic carbocycles. The van der Waals surface area contributed by atoms with Crippen LogP contribution in [-0.4, -0.2) is 109 Å². The Hall–Kier alpha value is -1.15. The van der Waals surface area contributed by atoms with Crippen LogP contribution in [0.5, 0.6) is 0 Å². The molecule has 0 spiro atoms. The Bertz CT molecular complexity index is 1220. The zero-order chi connectivity index (χ0) is 33.8. The number of carbonyl (C=O) groups excluding carboxylic acids is 1. The van der Waals surface area contributed by atoms with Gasteiger partial charge < -0.3 is 50.3 Å². The lowest BCUT2D eigenvalue weighted by atomic mass is 9.36. The molecular weight excluding hydrogens is 596 g/mol. The predicted octanol–water partition coefficient (Wildman–Crippen LogP) is 1.02.